The zero-order valence-corrected chi connectivity index (χ0v) is 5.14. The topological polar surface area (TPSA) is 45.4 Å². The van der Waals surface area contributed by atoms with Crippen molar-refractivity contribution in [3.05, 3.63) is 0 Å². The maximum atomic E-state index is 6.42. The number of oxime groups is 1. The first kappa shape index (κ1) is 7.14. The molecule has 0 aliphatic carbocycles. The fourth-order valence-corrected chi connectivity index (χ4v) is 0.181. The highest BCUT2D eigenvalue weighted by Gasteiger charge is 1.81. The molecule has 0 unspecified atom stereocenters. The van der Waals surface area contributed by atoms with E-state index in [2.05, 4.69) is 9.99 Å². The molecule has 0 saturated carbocycles. The van der Waals surface area contributed by atoms with Crippen LogP contribution in [0.4, 0.5) is 0 Å². The molecule has 0 radical (unpaired) electrons. The lowest BCUT2D eigenvalue weighted by Gasteiger charge is -1.88. The van der Waals surface area contributed by atoms with Crippen LogP contribution in [0.2, 0.25) is 0 Å². The molecule has 0 bridgehead atoms. The van der Waals surface area contributed by atoms with E-state index in [4.69, 9.17) is 5.41 Å². The highest BCUT2D eigenvalue weighted by molar-refractivity contribution is 5.81. The monoisotopic (exact) mass is 114 g/mol. The number of nitrogens with one attached hydrogen (secondary N) is 1. The Kier molecular flexibility index (Phi) is 3.84. The predicted octanol–water partition coefficient (Wildman–Crippen LogP) is 1.40. The van der Waals surface area contributed by atoms with Gasteiger partial charge >= 0.3 is 0 Å². The lowest BCUT2D eigenvalue weighted by atomic mass is 10.3. The molecule has 46 valence electrons. The molecule has 0 spiro atoms. The second-order valence-corrected chi connectivity index (χ2v) is 1.40. The SMILES string of the molecule is CC/C(C)=N/OC=N. The molecule has 0 rings (SSSR count). The van der Waals surface area contributed by atoms with Crippen molar-refractivity contribution < 1.29 is 4.84 Å². The Morgan fingerprint density at radius 1 is 1.88 bits per heavy atom. The largest absolute Gasteiger partial charge is 0.345 e. The van der Waals surface area contributed by atoms with Crippen LogP contribution in [0.1, 0.15) is 20.3 Å². The first-order valence-electron chi connectivity index (χ1n) is 2.49. The van der Waals surface area contributed by atoms with Crippen LogP contribution < -0.4 is 0 Å². The zero-order chi connectivity index (χ0) is 6.41. The molecule has 8 heavy (non-hydrogen) atoms. The first-order chi connectivity index (χ1) is 3.81. The van der Waals surface area contributed by atoms with Gasteiger partial charge in [-0.25, -0.2) is 0 Å². The summed E-state index contributed by atoms with van der Waals surface area (Å²) in [7, 11) is 0. The third kappa shape index (κ3) is 3.33. The summed E-state index contributed by atoms with van der Waals surface area (Å²) in [5.41, 5.74) is 0.897. The molecule has 0 amide bonds. The van der Waals surface area contributed by atoms with Gasteiger partial charge in [-0.2, -0.15) is 0 Å². The van der Waals surface area contributed by atoms with Crippen LogP contribution in [0.3, 0.4) is 0 Å². The molecular weight excluding hydrogens is 104 g/mol. The molecule has 0 fully saturated rings. The summed E-state index contributed by atoms with van der Waals surface area (Å²) in [4.78, 5) is 4.32. The summed E-state index contributed by atoms with van der Waals surface area (Å²) in [5.74, 6) is 0. The van der Waals surface area contributed by atoms with Crippen molar-refractivity contribution in [2.45, 2.75) is 20.3 Å². The van der Waals surface area contributed by atoms with Crippen LogP contribution in [0.25, 0.3) is 0 Å². The first-order valence-corrected chi connectivity index (χ1v) is 2.49. The number of nitrogens with zero attached hydrogens (tertiary/aromatic N) is 1. The molecule has 3 nitrogen and oxygen atoms in total. The lowest BCUT2D eigenvalue weighted by Crippen LogP contribution is -1.88. The summed E-state index contributed by atoms with van der Waals surface area (Å²) < 4.78 is 0. The second-order valence-electron chi connectivity index (χ2n) is 1.40. The van der Waals surface area contributed by atoms with Gasteiger partial charge in [-0.1, -0.05) is 12.1 Å². The van der Waals surface area contributed by atoms with E-state index in [1.165, 1.54) is 0 Å². The molecule has 0 aromatic heterocycles. The molecule has 0 aromatic rings. The van der Waals surface area contributed by atoms with E-state index in [9.17, 15) is 0 Å². The molecule has 0 aliphatic rings. The quantitative estimate of drug-likeness (QED) is 0.336. The highest BCUT2D eigenvalue weighted by atomic mass is 16.6. The van der Waals surface area contributed by atoms with E-state index < -0.39 is 0 Å². The standard InChI is InChI=1S/C5H10N2O/c1-3-5(2)7-8-4-6/h4,6H,3H2,1-2H3/b6-4?,7-5+. The number of hydrogen-bond acceptors (Lipinski definition) is 3. The van der Waals surface area contributed by atoms with Gasteiger partial charge in [0.05, 0.1) is 5.71 Å². The van der Waals surface area contributed by atoms with Gasteiger partial charge in [-0.3, -0.25) is 5.41 Å². The van der Waals surface area contributed by atoms with E-state index in [0.29, 0.717) is 0 Å². The summed E-state index contributed by atoms with van der Waals surface area (Å²) in [6, 6.07) is 0. The Morgan fingerprint density at radius 2 is 2.50 bits per heavy atom. The van der Waals surface area contributed by atoms with Crippen molar-refractivity contribution in [1.82, 2.24) is 0 Å². The minimum atomic E-state index is 0.805. The van der Waals surface area contributed by atoms with Crippen molar-refractivity contribution in [2.75, 3.05) is 0 Å². The maximum Gasteiger partial charge on any atom is 0.204 e. The maximum absolute atomic E-state index is 6.42. The van der Waals surface area contributed by atoms with Gasteiger partial charge in [0.25, 0.3) is 0 Å². The molecule has 1 N–H and O–H groups in total. The summed E-state index contributed by atoms with van der Waals surface area (Å²) in [6.45, 7) is 3.83. The van der Waals surface area contributed by atoms with E-state index >= 15 is 0 Å². The smallest absolute Gasteiger partial charge is 0.204 e. The van der Waals surface area contributed by atoms with Gasteiger partial charge in [0.15, 0.2) is 0 Å². The van der Waals surface area contributed by atoms with Gasteiger partial charge in [-0.15, -0.1) is 0 Å². The van der Waals surface area contributed by atoms with Gasteiger partial charge in [0.2, 0.25) is 6.40 Å². The lowest BCUT2D eigenvalue weighted by molar-refractivity contribution is 0.341. The minimum absolute atomic E-state index is 0.805. The normalized spacial score (nSPS) is 11.0. The highest BCUT2D eigenvalue weighted by Crippen LogP contribution is 1.82. The van der Waals surface area contributed by atoms with Crippen molar-refractivity contribution in [3.8, 4) is 0 Å². The van der Waals surface area contributed by atoms with Crippen molar-refractivity contribution in [1.29, 1.82) is 5.41 Å². The van der Waals surface area contributed by atoms with Crippen LogP contribution in [0.15, 0.2) is 5.16 Å². The Hall–Kier alpha value is -0.860. The van der Waals surface area contributed by atoms with Gasteiger partial charge in [0, 0.05) is 0 Å². The zero-order valence-electron chi connectivity index (χ0n) is 5.14. The van der Waals surface area contributed by atoms with Crippen LogP contribution in [-0.4, -0.2) is 12.1 Å². The fourth-order valence-electron chi connectivity index (χ4n) is 0.181. The van der Waals surface area contributed by atoms with Crippen molar-refractivity contribution >= 4 is 12.1 Å². The second kappa shape index (κ2) is 4.30. The molecule has 0 aromatic carbocycles. The number of rotatable bonds is 3. The fraction of sp³-hybridized carbons (Fsp3) is 0.600. The Labute approximate surface area is 48.8 Å². The predicted molar refractivity (Wildman–Crippen MR) is 33.3 cm³/mol. The van der Waals surface area contributed by atoms with Crippen molar-refractivity contribution in [2.24, 2.45) is 5.16 Å². The summed E-state index contributed by atoms with van der Waals surface area (Å²) in [6.07, 6.45) is 1.67. The van der Waals surface area contributed by atoms with E-state index in [0.717, 1.165) is 18.5 Å². The van der Waals surface area contributed by atoms with Crippen LogP contribution in [0.5, 0.6) is 0 Å². The molecule has 3 heteroatoms. The molecule has 0 heterocycles. The van der Waals surface area contributed by atoms with E-state index in [1.807, 2.05) is 13.8 Å². The number of hydrogen-bond donors (Lipinski definition) is 1. The van der Waals surface area contributed by atoms with E-state index in [1.54, 1.807) is 0 Å². The molecule has 0 atom stereocenters. The van der Waals surface area contributed by atoms with Gasteiger partial charge in [0.1, 0.15) is 0 Å². The van der Waals surface area contributed by atoms with E-state index in [-0.39, 0.29) is 0 Å². The van der Waals surface area contributed by atoms with Crippen LogP contribution in [0, 0.1) is 5.41 Å². The van der Waals surface area contributed by atoms with Crippen LogP contribution in [-0.2, 0) is 4.84 Å². The minimum Gasteiger partial charge on any atom is -0.345 e. The average molecular weight is 114 g/mol. The molecule has 0 saturated heterocycles. The third-order valence-corrected chi connectivity index (χ3v) is 0.773. The Balaban J connectivity index is 3.40. The van der Waals surface area contributed by atoms with Crippen molar-refractivity contribution in [3.63, 3.8) is 0 Å². The van der Waals surface area contributed by atoms with Gasteiger partial charge < -0.3 is 4.84 Å². The third-order valence-electron chi connectivity index (χ3n) is 0.773. The summed E-state index contributed by atoms with van der Waals surface area (Å²) in [5, 5.41) is 9.95. The van der Waals surface area contributed by atoms with Crippen LogP contribution >= 0.6 is 0 Å². The van der Waals surface area contributed by atoms with Gasteiger partial charge in [-0.05, 0) is 13.3 Å². The Bertz CT molecular complexity index is 98.6. The summed E-state index contributed by atoms with van der Waals surface area (Å²) >= 11 is 0. The average Bonchev–Trinajstić information content (AvgIpc) is 1.83. The molecule has 0 aliphatic heterocycles. The Morgan fingerprint density at radius 3 is 2.88 bits per heavy atom. The molecular formula is C5H10N2O.